The van der Waals surface area contributed by atoms with Gasteiger partial charge in [0.15, 0.2) is 0 Å². The minimum atomic E-state index is 0.134. The van der Waals surface area contributed by atoms with Crippen LogP contribution < -0.4 is 5.32 Å². The highest BCUT2D eigenvalue weighted by Crippen LogP contribution is 2.39. The summed E-state index contributed by atoms with van der Waals surface area (Å²) in [6.07, 6.45) is 4.62. The van der Waals surface area contributed by atoms with Gasteiger partial charge >= 0.3 is 0 Å². The number of hydrogen-bond acceptors (Lipinski definition) is 3. The maximum absolute atomic E-state index is 6.16. The first-order chi connectivity index (χ1) is 9.69. The van der Waals surface area contributed by atoms with Crippen LogP contribution in [0.15, 0.2) is 27.1 Å². The molecule has 1 aromatic rings. The van der Waals surface area contributed by atoms with E-state index in [1.807, 2.05) is 6.07 Å². The molecule has 1 aromatic carbocycles. The number of halogens is 2. The number of thioether (sulfide) groups is 1. The summed E-state index contributed by atoms with van der Waals surface area (Å²) >= 11 is 9.33. The second-order valence-electron chi connectivity index (χ2n) is 5.57. The maximum atomic E-state index is 6.16. The van der Waals surface area contributed by atoms with Gasteiger partial charge in [0, 0.05) is 21.6 Å². The van der Waals surface area contributed by atoms with Crippen molar-refractivity contribution in [2.75, 3.05) is 23.4 Å². The van der Waals surface area contributed by atoms with Crippen LogP contribution in [-0.2, 0) is 4.74 Å². The van der Waals surface area contributed by atoms with E-state index in [9.17, 15) is 0 Å². The average Bonchev–Trinajstić information content (AvgIpc) is 2.44. The lowest BCUT2D eigenvalue weighted by atomic mass is 9.85. The third-order valence-electron chi connectivity index (χ3n) is 4.21. The van der Waals surface area contributed by atoms with Crippen molar-refractivity contribution in [2.24, 2.45) is 0 Å². The monoisotopic (exact) mass is 419 g/mol. The van der Waals surface area contributed by atoms with Crippen molar-refractivity contribution < 1.29 is 4.74 Å². The third-order valence-corrected chi connectivity index (χ3v) is 6.52. The molecule has 0 radical (unpaired) electrons. The van der Waals surface area contributed by atoms with Crippen LogP contribution in [0, 0.1) is 0 Å². The molecule has 2 heterocycles. The number of rotatable bonds is 2. The zero-order chi connectivity index (χ0) is 14.0. The highest BCUT2D eigenvalue weighted by atomic mass is 79.9. The molecule has 5 heteroatoms. The molecular formula is C15H19Br2NOS. The Hall–Kier alpha value is 0.290. The van der Waals surface area contributed by atoms with Gasteiger partial charge in [0.25, 0.3) is 0 Å². The lowest BCUT2D eigenvalue weighted by Crippen LogP contribution is -2.46. The fourth-order valence-electron chi connectivity index (χ4n) is 3.08. The van der Waals surface area contributed by atoms with Gasteiger partial charge < -0.3 is 10.1 Å². The van der Waals surface area contributed by atoms with Crippen LogP contribution in [0.5, 0.6) is 0 Å². The smallest absolute Gasteiger partial charge is 0.0717 e. The van der Waals surface area contributed by atoms with Gasteiger partial charge in [-0.1, -0.05) is 6.07 Å². The van der Waals surface area contributed by atoms with Crippen molar-refractivity contribution in [3.05, 3.63) is 27.1 Å². The molecule has 2 fully saturated rings. The van der Waals surface area contributed by atoms with E-state index in [2.05, 4.69) is 61.1 Å². The Labute approximate surface area is 141 Å². The van der Waals surface area contributed by atoms with Gasteiger partial charge in [-0.2, -0.15) is 11.8 Å². The second kappa shape index (κ2) is 6.59. The number of hydrogen-bond donors (Lipinski definition) is 1. The first kappa shape index (κ1) is 15.2. The maximum Gasteiger partial charge on any atom is 0.0717 e. The molecule has 0 aromatic heterocycles. The number of nitrogens with one attached hydrogen (secondary N) is 1. The molecule has 1 unspecified atom stereocenters. The fourth-order valence-corrected chi connectivity index (χ4v) is 5.55. The van der Waals surface area contributed by atoms with E-state index in [0.29, 0.717) is 6.04 Å². The summed E-state index contributed by atoms with van der Waals surface area (Å²) in [7, 11) is 0. The molecule has 2 aliphatic rings. The SMILES string of the molecule is Brc1cccc(Br)c1NC1CCOC2(CCSCC2)C1. The van der Waals surface area contributed by atoms with E-state index in [4.69, 9.17) is 4.74 Å². The Kier molecular flexibility index (Phi) is 5.01. The molecule has 2 nitrogen and oxygen atoms in total. The van der Waals surface area contributed by atoms with Gasteiger partial charge in [0.1, 0.15) is 0 Å². The van der Waals surface area contributed by atoms with Gasteiger partial charge in [-0.15, -0.1) is 0 Å². The summed E-state index contributed by atoms with van der Waals surface area (Å²) in [4.78, 5) is 0. The van der Waals surface area contributed by atoms with Crippen LogP contribution in [0.4, 0.5) is 5.69 Å². The normalized spacial score (nSPS) is 25.6. The van der Waals surface area contributed by atoms with E-state index in [0.717, 1.165) is 28.4 Å². The van der Waals surface area contributed by atoms with E-state index in [-0.39, 0.29) is 5.60 Å². The minimum Gasteiger partial charge on any atom is -0.380 e. The summed E-state index contributed by atoms with van der Waals surface area (Å²) in [6, 6.07) is 6.71. The van der Waals surface area contributed by atoms with Crippen molar-refractivity contribution in [2.45, 2.75) is 37.3 Å². The highest BCUT2D eigenvalue weighted by molar-refractivity contribution is 9.11. The predicted molar refractivity (Wildman–Crippen MR) is 93.7 cm³/mol. The van der Waals surface area contributed by atoms with Crippen molar-refractivity contribution in [1.29, 1.82) is 0 Å². The number of ether oxygens (including phenoxy) is 1. The van der Waals surface area contributed by atoms with Crippen LogP contribution in [0.25, 0.3) is 0 Å². The van der Waals surface area contributed by atoms with Gasteiger partial charge in [-0.05, 0) is 81.2 Å². The first-order valence-electron chi connectivity index (χ1n) is 7.11. The summed E-state index contributed by atoms with van der Waals surface area (Å²) < 4.78 is 8.39. The summed E-state index contributed by atoms with van der Waals surface area (Å²) in [5.41, 5.74) is 1.30. The Bertz CT molecular complexity index is 451. The van der Waals surface area contributed by atoms with Crippen LogP contribution in [0.3, 0.4) is 0 Å². The standard InChI is InChI=1S/C15H19Br2NOS/c16-12-2-1-3-13(17)14(12)18-11-4-7-19-15(10-11)5-8-20-9-6-15/h1-3,11,18H,4-10H2. The number of benzene rings is 1. The zero-order valence-electron chi connectivity index (χ0n) is 11.3. The zero-order valence-corrected chi connectivity index (χ0v) is 15.3. The molecule has 1 N–H and O–H groups in total. The topological polar surface area (TPSA) is 21.3 Å². The largest absolute Gasteiger partial charge is 0.380 e. The molecule has 20 heavy (non-hydrogen) atoms. The summed E-state index contributed by atoms with van der Waals surface area (Å²) in [5, 5.41) is 3.71. The van der Waals surface area contributed by atoms with E-state index >= 15 is 0 Å². The van der Waals surface area contributed by atoms with Gasteiger partial charge in [-0.3, -0.25) is 0 Å². The molecule has 0 aliphatic carbocycles. The molecule has 110 valence electrons. The Morgan fingerprint density at radius 3 is 2.60 bits per heavy atom. The Morgan fingerprint density at radius 1 is 1.20 bits per heavy atom. The van der Waals surface area contributed by atoms with Gasteiger partial charge in [0.2, 0.25) is 0 Å². The quantitative estimate of drug-likeness (QED) is 0.721. The fraction of sp³-hybridized carbons (Fsp3) is 0.600. The molecule has 2 saturated heterocycles. The van der Waals surface area contributed by atoms with Crippen LogP contribution in [-0.4, -0.2) is 29.8 Å². The molecule has 3 rings (SSSR count). The summed E-state index contributed by atoms with van der Waals surface area (Å²) in [6.45, 7) is 0.879. The molecule has 1 spiro atoms. The van der Waals surface area contributed by atoms with Crippen molar-refractivity contribution in [3.63, 3.8) is 0 Å². The molecule has 0 amide bonds. The number of para-hydroxylation sites is 1. The number of anilines is 1. The predicted octanol–water partition coefficient (Wildman–Crippen LogP) is 5.07. The minimum absolute atomic E-state index is 0.134. The van der Waals surface area contributed by atoms with Crippen LogP contribution >= 0.6 is 43.6 Å². The van der Waals surface area contributed by atoms with Crippen molar-refractivity contribution >= 4 is 49.3 Å². The molecule has 1 atom stereocenters. The highest BCUT2D eigenvalue weighted by Gasteiger charge is 2.38. The Balaban J connectivity index is 1.71. The second-order valence-corrected chi connectivity index (χ2v) is 8.51. The van der Waals surface area contributed by atoms with Gasteiger partial charge in [0.05, 0.1) is 11.3 Å². The van der Waals surface area contributed by atoms with E-state index < -0.39 is 0 Å². The third kappa shape index (κ3) is 3.37. The van der Waals surface area contributed by atoms with Crippen molar-refractivity contribution in [1.82, 2.24) is 0 Å². The van der Waals surface area contributed by atoms with Crippen molar-refractivity contribution in [3.8, 4) is 0 Å². The van der Waals surface area contributed by atoms with Crippen LogP contribution in [0.2, 0.25) is 0 Å². The van der Waals surface area contributed by atoms with E-state index in [1.54, 1.807) is 0 Å². The molecule has 0 bridgehead atoms. The molecule has 2 aliphatic heterocycles. The van der Waals surface area contributed by atoms with E-state index in [1.165, 1.54) is 30.0 Å². The van der Waals surface area contributed by atoms with Gasteiger partial charge in [-0.25, -0.2) is 0 Å². The summed E-state index contributed by atoms with van der Waals surface area (Å²) in [5.74, 6) is 2.48. The molecular weight excluding hydrogens is 402 g/mol. The Morgan fingerprint density at radius 2 is 1.90 bits per heavy atom. The lowest BCUT2D eigenvalue weighted by molar-refractivity contribution is -0.0865. The lowest BCUT2D eigenvalue weighted by Gasteiger charge is -2.43. The average molecular weight is 421 g/mol. The first-order valence-corrected chi connectivity index (χ1v) is 9.85. The molecule has 0 saturated carbocycles. The van der Waals surface area contributed by atoms with Crippen LogP contribution in [0.1, 0.15) is 25.7 Å².